The van der Waals surface area contributed by atoms with Gasteiger partial charge in [0.25, 0.3) is 5.91 Å². The highest BCUT2D eigenvalue weighted by atomic mass is 32.2. The highest BCUT2D eigenvalue weighted by molar-refractivity contribution is 7.99. The lowest BCUT2D eigenvalue weighted by Gasteiger charge is -2.11. The van der Waals surface area contributed by atoms with Crippen LogP contribution in [0.5, 0.6) is 0 Å². The van der Waals surface area contributed by atoms with E-state index >= 15 is 0 Å². The summed E-state index contributed by atoms with van der Waals surface area (Å²) in [6, 6.07) is 0. The van der Waals surface area contributed by atoms with Crippen LogP contribution in [-0.4, -0.2) is 38.6 Å². The van der Waals surface area contributed by atoms with Gasteiger partial charge < -0.3 is 4.90 Å². The zero-order valence-electron chi connectivity index (χ0n) is 6.27. The second-order valence-electron chi connectivity index (χ2n) is 2.39. The van der Waals surface area contributed by atoms with E-state index in [0.29, 0.717) is 4.88 Å². The summed E-state index contributed by atoms with van der Waals surface area (Å²) in [4.78, 5) is 14.0. The predicted octanol–water partition coefficient (Wildman–Crippen LogP) is 0.685. The van der Waals surface area contributed by atoms with E-state index in [0.717, 1.165) is 29.7 Å². The number of hydrogen-bond acceptors (Lipinski definition) is 5. The molecule has 2 rings (SSSR count). The molecule has 2 heterocycles. The van der Waals surface area contributed by atoms with Gasteiger partial charge in [0.15, 0.2) is 0 Å². The van der Waals surface area contributed by atoms with Crippen LogP contribution in [0, 0.1) is 0 Å². The van der Waals surface area contributed by atoms with Crippen LogP contribution in [0.4, 0.5) is 0 Å². The zero-order valence-corrected chi connectivity index (χ0v) is 7.90. The van der Waals surface area contributed by atoms with Crippen molar-refractivity contribution in [2.45, 2.75) is 0 Å². The van der Waals surface area contributed by atoms with E-state index in [-0.39, 0.29) is 5.91 Å². The van der Waals surface area contributed by atoms with Crippen LogP contribution in [0.3, 0.4) is 0 Å². The highest BCUT2D eigenvalue weighted by Gasteiger charge is 2.20. The maximum absolute atomic E-state index is 11.6. The monoisotopic (exact) mass is 201 g/mol. The molecule has 1 saturated heterocycles. The Hall–Kier alpha value is -0.620. The molecule has 1 aromatic heterocycles. The first kappa shape index (κ1) is 8.00. The molecule has 4 nitrogen and oxygen atoms in total. The normalized spacial score (nSPS) is 16.8. The topological polar surface area (TPSA) is 46.1 Å². The lowest BCUT2D eigenvalue weighted by atomic mass is 10.4. The molecular formula is C6H7N3OS2. The van der Waals surface area contributed by atoms with Gasteiger partial charge in [-0.3, -0.25) is 4.79 Å². The number of hydrogen-bond donors (Lipinski definition) is 0. The minimum Gasteiger partial charge on any atom is -0.328 e. The number of carbonyl (C=O) groups excluding carboxylic acids is 1. The summed E-state index contributed by atoms with van der Waals surface area (Å²) >= 11 is 2.93. The molecule has 6 heteroatoms. The van der Waals surface area contributed by atoms with Gasteiger partial charge in [-0.15, -0.1) is 16.9 Å². The van der Waals surface area contributed by atoms with Crippen molar-refractivity contribution >= 4 is 29.2 Å². The molecular weight excluding hydrogens is 194 g/mol. The van der Waals surface area contributed by atoms with Crippen molar-refractivity contribution in [2.75, 3.05) is 18.2 Å². The molecule has 1 fully saturated rings. The number of amides is 1. The maximum Gasteiger partial charge on any atom is 0.267 e. The van der Waals surface area contributed by atoms with E-state index in [1.54, 1.807) is 11.8 Å². The quantitative estimate of drug-likeness (QED) is 0.670. The molecule has 0 saturated carbocycles. The second kappa shape index (κ2) is 3.40. The van der Waals surface area contributed by atoms with Crippen LogP contribution in [0.2, 0.25) is 0 Å². The van der Waals surface area contributed by atoms with Gasteiger partial charge in [-0.1, -0.05) is 4.49 Å². The smallest absolute Gasteiger partial charge is 0.267 e. The fraction of sp³-hybridized carbons (Fsp3) is 0.500. The van der Waals surface area contributed by atoms with Gasteiger partial charge in [0.05, 0.1) is 12.1 Å². The Morgan fingerprint density at radius 3 is 3.17 bits per heavy atom. The molecule has 12 heavy (non-hydrogen) atoms. The molecule has 0 aromatic carbocycles. The van der Waals surface area contributed by atoms with Gasteiger partial charge in [-0.2, -0.15) is 0 Å². The molecule has 0 N–H and O–H groups in total. The minimum absolute atomic E-state index is 0.0648. The third-order valence-corrected chi connectivity index (χ3v) is 3.23. The third-order valence-electron chi connectivity index (χ3n) is 1.61. The van der Waals surface area contributed by atoms with Gasteiger partial charge >= 0.3 is 0 Å². The molecule has 1 aliphatic heterocycles. The van der Waals surface area contributed by atoms with Gasteiger partial charge in [0.2, 0.25) is 0 Å². The lowest BCUT2D eigenvalue weighted by Crippen LogP contribution is -2.26. The number of nitrogens with zero attached hydrogens (tertiary/aromatic N) is 3. The van der Waals surface area contributed by atoms with Gasteiger partial charge in [0, 0.05) is 12.3 Å². The average Bonchev–Trinajstić information content (AvgIpc) is 2.77. The summed E-state index contributed by atoms with van der Waals surface area (Å²) < 4.78 is 3.65. The van der Waals surface area contributed by atoms with Gasteiger partial charge in [-0.25, -0.2) is 0 Å². The third kappa shape index (κ3) is 1.44. The number of carbonyl (C=O) groups is 1. The van der Waals surface area contributed by atoms with Crippen LogP contribution < -0.4 is 0 Å². The van der Waals surface area contributed by atoms with Gasteiger partial charge in [0.1, 0.15) is 4.88 Å². The van der Waals surface area contributed by atoms with Crippen molar-refractivity contribution in [3.63, 3.8) is 0 Å². The first-order chi connectivity index (χ1) is 5.88. The Morgan fingerprint density at radius 1 is 1.67 bits per heavy atom. The molecule has 1 aromatic rings. The minimum atomic E-state index is 0.0648. The van der Waals surface area contributed by atoms with E-state index in [1.807, 2.05) is 4.90 Å². The fourth-order valence-electron chi connectivity index (χ4n) is 0.991. The van der Waals surface area contributed by atoms with Crippen molar-refractivity contribution in [2.24, 2.45) is 0 Å². The molecule has 0 spiro atoms. The van der Waals surface area contributed by atoms with Crippen LogP contribution in [0.1, 0.15) is 9.67 Å². The summed E-state index contributed by atoms with van der Waals surface area (Å²) in [5, 5.41) is 3.63. The molecule has 1 aliphatic rings. The summed E-state index contributed by atoms with van der Waals surface area (Å²) in [5.74, 6) is 1.91. The maximum atomic E-state index is 11.6. The van der Waals surface area contributed by atoms with Crippen molar-refractivity contribution in [3.8, 4) is 0 Å². The first-order valence-corrected chi connectivity index (χ1v) is 5.45. The Labute approximate surface area is 78.1 Å². The lowest BCUT2D eigenvalue weighted by molar-refractivity contribution is 0.0807. The summed E-state index contributed by atoms with van der Waals surface area (Å²) in [5.41, 5.74) is 0. The fourth-order valence-corrected chi connectivity index (χ4v) is 2.42. The Morgan fingerprint density at radius 2 is 2.58 bits per heavy atom. The first-order valence-electron chi connectivity index (χ1n) is 3.52. The second-order valence-corrected chi connectivity index (χ2v) is 4.25. The van der Waals surface area contributed by atoms with Crippen molar-refractivity contribution < 1.29 is 4.79 Å². The van der Waals surface area contributed by atoms with Crippen LogP contribution in [0.15, 0.2) is 6.20 Å². The van der Waals surface area contributed by atoms with Crippen molar-refractivity contribution in [1.29, 1.82) is 0 Å². The average molecular weight is 201 g/mol. The van der Waals surface area contributed by atoms with E-state index in [1.165, 1.54) is 6.20 Å². The molecule has 0 unspecified atom stereocenters. The molecule has 0 bridgehead atoms. The van der Waals surface area contributed by atoms with Crippen LogP contribution in [0.25, 0.3) is 0 Å². The van der Waals surface area contributed by atoms with E-state index in [4.69, 9.17) is 0 Å². The molecule has 0 atom stereocenters. The summed E-state index contributed by atoms with van der Waals surface area (Å²) in [6.07, 6.45) is 1.52. The summed E-state index contributed by atoms with van der Waals surface area (Å²) in [7, 11) is 0. The van der Waals surface area contributed by atoms with Crippen molar-refractivity contribution in [3.05, 3.63) is 11.1 Å². The van der Waals surface area contributed by atoms with Crippen LogP contribution >= 0.6 is 23.3 Å². The molecule has 0 radical (unpaired) electrons. The Kier molecular flexibility index (Phi) is 2.27. The number of thioether (sulfide) groups is 1. The zero-order chi connectivity index (χ0) is 8.39. The molecule has 1 amide bonds. The number of rotatable bonds is 1. The van der Waals surface area contributed by atoms with E-state index in [9.17, 15) is 4.79 Å². The van der Waals surface area contributed by atoms with Gasteiger partial charge in [-0.05, 0) is 11.5 Å². The summed E-state index contributed by atoms with van der Waals surface area (Å²) in [6.45, 7) is 0.849. The molecule has 0 aliphatic carbocycles. The number of aromatic nitrogens is 2. The van der Waals surface area contributed by atoms with Crippen molar-refractivity contribution in [1.82, 2.24) is 14.5 Å². The predicted molar refractivity (Wildman–Crippen MR) is 48.3 cm³/mol. The molecule has 64 valence electrons. The standard InChI is InChI=1S/C6H7N3OS2/c10-6(5-3-7-8-12-5)9-1-2-11-4-9/h3H,1-2,4H2. The Balaban J connectivity index is 2.09. The van der Waals surface area contributed by atoms with Crippen LogP contribution in [-0.2, 0) is 0 Å². The largest absolute Gasteiger partial charge is 0.328 e. The van der Waals surface area contributed by atoms with E-state index < -0.39 is 0 Å². The highest BCUT2D eigenvalue weighted by Crippen LogP contribution is 2.17. The Bertz CT molecular complexity index is 268. The SMILES string of the molecule is O=C(c1cnns1)N1CCSC1. The van der Waals surface area contributed by atoms with E-state index in [2.05, 4.69) is 9.59 Å².